The standard InChI is InChI=1S/C25H28ClN3O2S/c1-29(2)23(22-6-4-16-32-22)17-7-11-19(12-8-17)28-24(30)21-5-3-15-27-25(21)31-20-13-9-18(26)10-14-20/h3-6,9-10,13-17,19,23H,7-8,11-12H2,1-2H3,(H,28,30). The molecule has 5 nitrogen and oxygen atoms in total. The van der Waals surface area contributed by atoms with Crippen LogP contribution in [0.2, 0.25) is 5.02 Å². The molecule has 3 aromatic rings. The first kappa shape index (κ1) is 22.8. The van der Waals surface area contributed by atoms with E-state index < -0.39 is 0 Å². The molecule has 0 saturated heterocycles. The molecule has 0 spiro atoms. The highest BCUT2D eigenvalue weighted by atomic mass is 35.5. The zero-order chi connectivity index (χ0) is 22.5. The number of benzene rings is 1. The van der Waals surface area contributed by atoms with Gasteiger partial charge in [0.1, 0.15) is 11.3 Å². The quantitative estimate of drug-likeness (QED) is 0.449. The van der Waals surface area contributed by atoms with Crippen LogP contribution in [0.25, 0.3) is 0 Å². The Balaban J connectivity index is 1.38. The molecule has 1 amide bonds. The van der Waals surface area contributed by atoms with Crippen LogP contribution >= 0.6 is 22.9 Å². The largest absolute Gasteiger partial charge is 0.438 e. The van der Waals surface area contributed by atoms with Crippen LogP contribution in [0, 0.1) is 5.92 Å². The third-order valence-electron chi connectivity index (χ3n) is 5.99. The molecule has 2 heterocycles. The lowest BCUT2D eigenvalue weighted by molar-refractivity contribution is 0.0904. The highest BCUT2D eigenvalue weighted by Gasteiger charge is 2.31. The lowest BCUT2D eigenvalue weighted by Crippen LogP contribution is -2.39. The molecule has 1 atom stereocenters. The average Bonchev–Trinajstić information content (AvgIpc) is 3.31. The minimum absolute atomic E-state index is 0.145. The van der Waals surface area contributed by atoms with Crippen LogP contribution in [-0.4, -0.2) is 35.9 Å². The van der Waals surface area contributed by atoms with E-state index >= 15 is 0 Å². The van der Waals surface area contributed by atoms with Crippen molar-refractivity contribution in [3.05, 3.63) is 75.6 Å². The Morgan fingerprint density at radius 2 is 1.88 bits per heavy atom. The number of rotatable bonds is 7. The number of nitrogens with one attached hydrogen (secondary N) is 1. The van der Waals surface area contributed by atoms with Gasteiger partial charge in [0.25, 0.3) is 5.91 Å². The Morgan fingerprint density at radius 3 is 2.53 bits per heavy atom. The molecule has 1 fully saturated rings. The first-order chi connectivity index (χ1) is 15.5. The van der Waals surface area contributed by atoms with E-state index in [-0.39, 0.29) is 11.9 Å². The number of ether oxygens (including phenoxy) is 1. The number of amides is 1. The van der Waals surface area contributed by atoms with Crippen LogP contribution in [-0.2, 0) is 0 Å². The maximum Gasteiger partial charge on any atom is 0.257 e. The molecular weight excluding hydrogens is 442 g/mol. The van der Waals surface area contributed by atoms with Gasteiger partial charge in [0.2, 0.25) is 5.88 Å². The summed E-state index contributed by atoms with van der Waals surface area (Å²) in [5.74, 6) is 1.34. The van der Waals surface area contributed by atoms with Crippen molar-refractivity contribution in [3.8, 4) is 11.6 Å². The van der Waals surface area contributed by atoms with E-state index in [2.05, 4.69) is 46.8 Å². The van der Waals surface area contributed by atoms with Gasteiger partial charge in [-0.1, -0.05) is 17.7 Å². The maximum absolute atomic E-state index is 13.0. The van der Waals surface area contributed by atoms with Crippen LogP contribution < -0.4 is 10.1 Å². The molecule has 0 aliphatic heterocycles. The molecule has 32 heavy (non-hydrogen) atoms. The third-order valence-corrected chi connectivity index (χ3v) is 7.18. The van der Waals surface area contributed by atoms with Crippen LogP contribution in [0.1, 0.15) is 47.0 Å². The molecular formula is C25H28ClN3O2S. The van der Waals surface area contributed by atoms with E-state index in [1.54, 1.807) is 42.6 Å². The number of carbonyl (C=O) groups excluding carboxylic acids is 1. The number of hydrogen-bond acceptors (Lipinski definition) is 5. The van der Waals surface area contributed by atoms with Crippen LogP contribution in [0.15, 0.2) is 60.1 Å². The minimum atomic E-state index is -0.145. The highest BCUT2D eigenvalue weighted by molar-refractivity contribution is 7.10. The molecule has 168 valence electrons. The number of aromatic nitrogens is 1. The Labute approximate surface area is 198 Å². The fraction of sp³-hybridized carbons (Fsp3) is 0.360. The monoisotopic (exact) mass is 469 g/mol. The van der Waals surface area contributed by atoms with Crippen molar-refractivity contribution in [3.63, 3.8) is 0 Å². The van der Waals surface area contributed by atoms with Crippen LogP contribution in [0.3, 0.4) is 0 Å². The van der Waals surface area contributed by atoms with Gasteiger partial charge in [0, 0.05) is 28.2 Å². The number of carbonyl (C=O) groups is 1. The number of halogens is 1. The molecule has 1 aliphatic rings. The van der Waals surface area contributed by atoms with E-state index in [0.29, 0.717) is 34.2 Å². The second kappa shape index (κ2) is 10.5. The second-order valence-electron chi connectivity index (χ2n) is 8.42. The van der Waals surface area contributed by atoms with Crippen molar-refractivity contribution in [2.24, 2.45) is 5.92 Å². The van der Waals surface area contributed by atoms with Gasteiger partial charge in [-0.3, -0.25) is 4.79 Å². The molecule has 0 bridgehead atoms. The van der Waals surface area contributed by atoms with Gasteiger partial charge in [-0.2, -0.15) is 0 Å². The number of pyridine rings is 1. The second-order valence-corrected chi connectivity index (χ2v) is 9.84. The summed E-state index contributed by atoms with van der Waals surface area (Å²) in [6.07, 6.45) is 5.75. The summed E-state index contributed by atoms with van der Waals surface area (Å²) in [5, 5.41) is 5.98. The van der Waals surface area contributed by atoms with Gasteiger partial charge >= 0.3 is 0 Å². The summed E-state index contributed by atoms with van der Waals surface area (Å²) in [5.41, 5.74) is 0.439. The summed E-state index contributed by atoms with van der Waals surface area (Å²) in [4.78, 5) is 21.0. The smallest absolute Gasteiger partial charge is 0.257 e. The maximum atomic E-state index is 13.0. The summed E-state index contributed by atoms with van der Waals surface area (Å²) in [7, 11) is 4.31. The van der Waals surface area contributed by atoms with Crippen molar-refractivity contribution in [2.45, 2.75) is 37.8 Å². The Morgan fingerprint density at radius 1 is 1.12 bits per heavy atom. The van der Waals surface area contributed by atoms with Gasteiger partial charge < -0.3 is 15.0 Å². The predicted octanol–water partition coefficient (Wildman–Crippen LogP) is 6.18. The Kier molecular flexibility index (Phi) is 7.45. The van der Waals surface area contributed by atoms with Crippen molar-refractivity contribution in [1.29, 1.82) is 0 Å². The molecule has 1 aliphatic carbocycles. The van der Waals surface area contributed by atoms with Crippen molar-refractivity contribution in [1.82, 2.24) is 15.2 Å². The predicted molar refractivity (Wildman–Crippen MR) is 130 cm³/mol. The third kappa shape index (κ3) is 5.49. The average molecular weight is 470 g/mol. The van der Waals surface area contributed by atoms with Crippen molar-refractivity contribution < 1.29 is 9.53 Å². The Bertz CT molecular complexity index is 1020. The molecule has 7 heteroatoms. The summed E-state index contributed by atoms with van der Waals surface area (Å²) in [6, 6.07) is 15.5. The first-order valence-corrected chi connectivity index (χ1v) is 12.2. The number of hydrogen-bond donors (Lipinski definition) is 1. The normalized spacial score (nSPS) is 19.5. The van der Waals surface area contributed by atoms with Gasteiger partial charge in [-0.15, -0.1) is 11.3 Å². The van der Waals surface area contributed by atoms with Gasteiger partial charge in [0.15, 0.2) is 0 Å². The fourth-order valence-electron chi connectivity index (χ4n) is 4.47. The zero-order valence-corrected chi connectivity index (χ0v) is 19.9. The van der Waals surface area contributed by atoms with Crippen molar-refractivity contribution >= 4 is 28.8 Å². The van der Waals surface area contributed by atoms with Gasteiger partial charge in [-0.05, 0) is 93.5 Å². The van der Waals surface area contributed by atoms with Crippen LogP contribution in [0.4, 0.5) is 0 Å². The van der Waals surface area contributed by atoms with Gasteiger partial charge in [-0.25, -0.2) is 4.98 Å². The highest BCUT2D eigenvalue weighted by Crippen LogP contribution is 2.39. The topological polar surface area (TPSA) is 54.5 Å². The SMILES string of the molecule is CN(C)C(c1cccs1)C1CCC(NC(=O)c2cccnc2Oc2ccc(Cl)cc2)CC1. The molecule has 1 unspecified atom stereocenters. The van der Waals surface area contributed by atoms with E-state index in [9.17, 15) is 4.79 Å². The molecule has 2 aromatic heterocycles. The van der Waals surface area contributed by atoms with Crippen LogP contribution in [0.5, 0.6) is 11.6 Å². The number of nitrogens with zero attached hydrogens (tertiary/aromatic N) is 2. The minimum Gasteiger partial charge on any atom is -0.438 e. The first-order valence-electron chi connectivity index (χ1n) is 10.9. The van der Waals surface area contributed by atoms with E-state index in [1.807, 2.05) is 11.3 Å². The lowest BCUT2D eigenvalue weighted by Gasteiger charge is -2.37. The van der Waals surface area contributed by atoms with Crippen molar-refractivity contribution in [2.75, 3.05) is 14.1 Å². The molecule has 1 aromatic carbocycles. The fourth-order valence-corrected chi connectivity index (χ4v) is 5.61. The van der Waals surface area contributed by atoms with E-state index in [1.165, 1.54) is 4.88 Å². The number of thiophene rings is 1. The van der Waals surface area contributed by atoms with Gasteiger partial charge in [0.05, 0.1) is 0 Å². The molecule has 0 radical (unpaired) electrons. The lowest BCUT2D eigenvalue weighted by atomic mass is 9.80. The molecule has 1 N–H and O–H groups in total. The Hall–Kier alpha value is -2.41. The summed E-state index contributed by atoms with van der Waals surface area (Å²) >= 11 is 7.77. The van der Waals surface area contributed by atoms with E-state index in [0.717, 1.165) is 25.7 Å². The molecule has 4 rings (SSSR count). The summed E-state index contributed by atoms with van der Waals surface area (Å²) in [6.45, 7) is 0. The zero-order valence-electron chi connectivity index (χ0n) is 18.3. The molecule has 1 saturated carbocycles. The summed E-state index contributed by atoms with van der Waals surface area (Å²) < 4.78 is 5.86. The van der Waals surface area contributed by atoms with E-state index in [4.69, 9.17) is 16.3 Å².